The molecule has 1 aromatic rings. The van der Waals surface area contributed by atoms with Crippen LogP contribution in [0.1, 0.15) is 36.9 Å². The van der Waals surface area contributed by atoms with Gasteiger partial charge in [-0.1, -0.05) is 31.2 Å². The van der Waals surface area contributed by atoms with E-state index in [-0.39, 0.29) is 42.8 Å². The maximum Gasteiger partial charge on any atom is 0.217 e. The molecule has 148 valence electrons. The highest BCUT2D eigenvalue weighted by molar-refractivity contribution is 7.92. The first-order chi connectivity index (χ1) is 11.8. The van der Waals surface area contributed by atoms with Crippen molar-refractivity contribution in [3.8, 4) is 0 Å². The second-order valence-electron chi connectivity index (χ2n) is 6.82. The van der Waals surface area contributed by atoms with Gasteiger partial charge in [-0.2, -0.15) is 4.31 Å². The van der Waals surface area contributed by atoms with Gasteiger partial charge < -0.3 is 5.32 Å². The van der Waals surface area contributed by atoms with E-state index in [0.717, 1.165) is 12.0 Å². The Bertz CT molecular complexity index is 796. The quantitative estimate of drug-likeness (QED) is 0.795. The van der Waals surface area contributed by atoms with Crippen molar-refractivity contribution in [1.29, 1.82) is 0 Å². The molecular weight excluding hydrogens is 396 g/mol. The zero-order chi connectivity index (χ0) is 18.1. The first-order valence-corrected chi connectivity index (χ1v) is 12.2. The fourth-order valence-electron chi connectivity index (χ4n) is 3.61. The van der Waals surface area contributed by atoms with E-state index in [0.29, 0.717) is 19.6 Å². The third kappa shape index (κ3) is 4.59. The summed E-state index contributed by atoms with van der Waals surface area (Å²) in [6.07, 6.45) is 1.36. The van der Waals surface area contributed by atoms with E-state index in [1.807, 2.05) is 24.3 Å². The molecule has 9 heteroatoms. The van der Waals surface area contributed by atoms with Crippen LogP contribution in [0.15, 0.2) is 24.3 Å². The van der Waals surface area contributed by atoms with E-state index in [1.54, 1.807) is 4.31 Å². The molecular formula is C17H27ClN2O4S2. The minimum absolute atomic E-state index is 0. The lowest BCUT2D eigenvalue weighted by Gasteiger charge is -2.38. The maximum absolute atomic E-state index is 13.2. The van der Waals surface area contributed by atoms with Crippen molar-refractivity contribution in [2.75, 3.05) is 31.1 Å². The number of hydrogen-bond acceptors (Lipinski definition) is 5. The smallest absolute Gasteiger partial charge is 0.217 e. The summed E-state index contributed by atoms with van der Waals surface area (Å²) in [4.78, 5) is 0. The van der Waals surface area contributed by atoms with Gasteiger partial charge in [0.15, 0.2) is 0 Å². The molecule has 0 amide bonds. The van der Waals surface area contributed by atoms with E-state index < -0.39 is 25.1 Å². The topological polar surface area (TPSA) is 83.6 Å². The molecule has 2 saturated heterocycles. The molecule has 2 heterocycles. The van der Waals surface area contributed by atoms with Crippen LogP contribution in [0.5, 0.6) is 0 Å². The summed E-state index contributed by atoms with van der Waals surface area (Å²) < 4.78 is 51.2. The molecule has 0 radical (unpaired) electrons. The Morgan fingerprint density at radius 1 is 1.15 bits per heavy atom. The SMILES string of the molecule is CCc1ccc(C2CNCCN2S(=O)(=O)C2CCS(=O)(=O)CC2)cc1.Cl. The number of sulfonamides is 1. The normalized spacial score (nSPS) is 24.7. The molecule has 0 aliphatic carbocycles. The van der Waals surface area contributed by atoms with Crippen molar-refractivity contribution in [3.63, 3.8) is 0 Å². The van der Waals surface area contributed by atoms with Gasteiger partial charge in [-0.15, -0.1) is 12.4 Å². The highest BCUT2D eigenvalue weighted by Crippen LogP contribution is 2.31. The van der Waals surface area contributed by atoms with Gasteiger partial charge in [0.1, 0.15) is 9.84 Å². The summed E-state index contributed by atoms with van der Waals surface area (Å²) in [5.41, 5.74) is 2.20. The van der Waals surface area contributed by atoms with E-state index in [2.05, 4.69) is 12.2 Å². The van der Waals surface area contributed by atoms with Gasteiger partial charge in [0.05, 0.1) is 22.8 Å². The predicted molar refractivity (Wildman–Crippen MR) is 106 cm³/mol. The molecule has 0 aromatic heterocycles. The zero-order valence-corrected chi connectivity index (χ0v) is 17.4. The highest BCUT2D eigenvalue weighted by atomic mass is 35.5. The van der Waals surface area contributed by atoms with Crippen LogP contribution < -0.4 is 5.32 Å². The molecule has 1 aromatic carbocycles. The largest absolute Gasteiger partial charge is 0.313 e. The Balaban J connectivity index is 0.00000243. The summed E-state index contributed by atoms with van der Waals surface area (Å²) in [6, 6.07) is 7.86. The summed E-state index contributed by atoms with van der Waals surface area (Å²) in [7, 11) is -6.59. The second-order valence-corrected chi connectivity index (χ2v) is 11.3. The number of sulfone groups is 1. The number of rotatable bonds is 4. The molecule has 0 spiro atoms. The summed E-state index contributed by atoms with van der Waals surface area (Å²) in [6.45, 7) is 3.71. The van der Waals surface area contributed by atoms with Gasteiger partial charge in [-0.3, -0.25) is 0 Å². The number of nitrogens with zero attached hydrogens (tertiary/aromatic N) is 1. The zero-order valence-electron chi connectivity index (χ0n) is 14.9. The summed E-state index contributed by atoms with van der Waals surface area (Å²) in [5.74, 6) is -0.0578. The van der Waals surface area contributed by atoms with Crippen molar-refractivity contribution in [2.45, 2.75) is 37.5 Å². The Morgan fingerprint density at radius 3 is 2.35 bits per heavy atom. The average Bonchev–Trinajstić information content (AvgIpc) is 2.61. The number of halogens is 1. The van der Waals surface area contributed by atoms with Gasteiger partial charge in [-0.05, 0) is 30.4 Å². The molecule has 1 atom stereocenters. The Hall–Kier alpha value is -0.670. The van der Waals surface area contributed by atoms with E-state index >= 15 is 0 Å². The molecule has 1 N–H and O–H groups in total. The van der Waals surface area contributed by atoms with Crippen LogP contribution in [0.2, 0.25) is 0 Å². The van der Waals surface area contributed by atoms with Gasteiger partial charge >= 0.3 is 0 Å². The lowest BCUT2D eigenvalue weighted by molar-refractivity contribution is 0.267. The number of hydrogen-bond donors (Lipinski definition) is 1. The average molecular weight is 423 g/mol. The molecule has 0 saturated carbocycles. The standard InChI is InChI=1S/C17H26N2O4S2.ClH/c1-2-14-3-5-15(6-4-14)17-13-18-9-10-19(17)25(22,23)16-7-11-24(20,21)12-8-16;/h3-6,16-18H,2,7-13H2,1H3;1H. The monoisotopic (exact) mass is 422 g/mol. The van der Waals surface area contributed by atoms with Gasteiger partial charge in [0, 0.05) is 19.6 Å². The highest BCUT2D eigenvalue weighted by Gasteiger charge is 2.40. The van der Waals surface area contributed by atoms with E-state index in [1.165, 1.54) is 5.56 Å². The summed E-state index contributed by atoms with van der Waals surface area (Å²) >= 11 is 0. The van der Waals surface area contributed by atoms with Crippen LogP contribution >= 0.6 is 12.4 Å². The molecule has 6 nitrogen and oxygen atoms in total. The van der Waals surface area contributed by atoms with Crippen molar-refractivity contribution in [3.05, 3.63) is 35.4 Å². The first-order valence-electron chi connectivity index (χ1n) is 8.84. The van der Waals surface area contributed by atoms with E-state index in [4.69, 9.17) is 0 Å². The van der Waals surface area contributed by atoms with Crippen LogP contribution in [-0.4, -0.2) is 57.5 Å². The minimum atomic E-state index is -3.52. The number of piperazine rings is 1. The lowest BCUT2D eigenvalue weighted by atomic mass is 10.0. The van der Waals surface area contributed by atoms with Crippen LogP contribution in [0.3, 0.4) is 0 Å². The number of benzene rings is 1. The van der Waals surface area contributed by atoms with Crippen molar-refractivity contribution in [2.24, 2.45) is 0 Å². The van der Waals surface area contributed by atoms with Crippen LogP contribution in [0, 0.1) is 0 Å². The Morgan fingerprint density at radius 2 is 1.77 bits per heavy atom. The van der Waals surface area contributed by atoms with Crippen LogP contribution in [-0.2, 0) is 26.3 Å². The van der Waals surface area contributed by atoms with Crippen molar-refractivity contribution >= 4 is 32.3 Å². The fourth-order valence-corrected chi connectivity index (χ4v) is 7.51. The molecule has 3 rings (SSSR count). The fraction of sp³-hybridized carbons (Fsp3) is 0.647. The third-order valence-electron chi connectivity index (χ3n) is 5.22. The molecule has 26 heavy (non-hydrogen) atoms. The van der Waals surface area contributed by atoms with Gasteiger partial charge in [0.25, 0.3) is 0 Å². The summed E-state index contributed by atoms with van der Waals surface area (Å²) in [5, 5.41) is 2.69. The van der Waals surface area contributed by atoms with E-state index in [9.17, 15) is 16.8 Å². The Labute approximate surface area is 162 Å². The number of nitrogens with one attached hydrogen (secondary N) is 1. The van der Waals surface area contributed by atoms with Gasteiger partial charge in [-0.25, -0.2) is 16.8 Å². The van der Waals surface area contributed by atoms with Crippen LogP contribution in [0.25, 0.3) is 0 Å². The maximum atomic E-state index is 13.2. The Kier molecular flexibility index (Phi) is 7.12. The van der Waals surface area contributed by atoms with Gasteiger partial charge in [0.2, 0.25) is 10.0 Å². The first kappa shape index (κ1) is 21.6. The molecule has 2 aliphatic rings. The lowest BCUT2D eigenvalue weighted by Crippen LogP contribution is -2.52. The molecule has 1 unspecified atom stereocenters. The molecule has 0 bridgehead atoms. The van der Waals surface area contributed by atoms with Crippen molar-refractivity contribution < 1.29 is 16.8 Å². The minimum Gasteiger partial charge on any atom is -0.313 e. The predicted octanol–water partition coefficient (Wildman–Crippen LogP) is 1.52. The number of aryl methyl sites for hydroxylation is 1. The van der Waals surface area contributed by atoms with Crippen molar-refractivity contribution in [1.82, 2.24) is 9.62 Å². The third-order valence-corrected chi connectivity index (χ3v) is 9.34. The van der Waals surface area contributed by atoms with Crippen LogP contribution in [0.4, 0.5) is 0 Å². The molecule has 2 fully saturated rings. The second kappa shape index (κ2) is 8.56. The molecule has 2 aliphatic heterocycles.